The summed E-state index contributed by atoms with van der Waals surface area (Å²) in [6.45, 7) is 1.86. The first-order valence-corrected chi connectivity index (χ1v) is 3.51. The van der Waals surface area contributed by atoms with Gasteiger partial charge in [0.05, 0.1) is 6.04 Å². The first-order chi connectivity index (χ1) is 5.24. The number of allylic oxidation sites excluding steroid dienone is 1. The third-order valence-electron chi connectivity index (χ3n) is 1.47. The molecule has 1 rings (SSSR count). The van der Waals surface area contributed by atoms with Crippen molar-refractivity contribution in [1.82, 2.24) is 0 Å². The number of esters is 1. The van der Waals surface area contributed by atoms with Crippen molar-refractivity contribution in [3.8, 4) is 0 Å². The molecule has 0 fully saturated rings. The van der Waals surface area contributed by atoms with Gasteiger partial charge in [-0.05, 0) is 13.0 Å². The van der Waals surface area contributed by atoms with Crippen molar-refractivity contribution in [2.75, 3.05) is 0 Å². The maximum Gasteiger partial charge on any atom is 0.331 e. The predicted molar refractivity (Wildman–Crippen MR) is 41.8 cm³/mol. The van der Waals surface area contributed by atoms with Gasteiger partial charge in [0, 0.05) is 6.08 Å². The molecule has 0 bridgehead atoms. The Labute approximate surface area is 65.5 Å². The fourth-order valence-corrected chi connectivity index (χ4v) is 0.908. The summed E-state index contributed by atoms with van der Waals surface area (Å²) < 4.78 is 4.90. The summed E-state index contributed by atoms with van der Waals surface area (Å²) in [7, 11) is 0. The smallest absolute Gasteiger partial charge is 0.331 e. The third kappa shape index (κ3) is 1.91. The fraction of sp³-hybridized carbons (Fsp3) is 0.375. The summed E-state index contributed by atoms with van der Waals surface area (Å²) >= 11 is 0. The minimum Gasteiger partial charge on any atom is -0.453 e. The summed E-state index contributed by atoms with van der Waals surface area (Å²) in [4.78, 5) is 10.7. The summed E-state index contributed by atoms with van der Waals surface area (Å²) in [5.41, 5.74) is 5.61. The van der Waals surface area contributed by atoms with E-state index < -0.39 is 0 Å². The van der Waals surface area contributed by atoms with Crippen LogP contribution in [-0.4, -0.2) is 18.1 Å². The standard InChI is InChI=1S/C8H11NO2/c1-2-3-7-6(9)4-5-8(10)11-7/h2-7H,9H2,1H3/b3-2+/t6-,7+/m1/s1. The fourth-order valence-electron chi connectivity index (χ4n) is 0.908. The van der Waals surface area contributed by atoms with Gasteiger partial charge in [0.15, 0.2) is 0 Å². The lowest BCUT2D eigenvalue weighted by atomic mass is 10.1. The Kier molecular flexibility index (Phi) is 2.44. The third-order valence-corrected chi connectivity index (χ3v) is 1.47. The molecule has 3 nitrogen and oxygen atoms in total. The first-order valence-electron chi connectivity index (χ1n) is 3.51. The van der Waals surface area contributed by atoms with Crippen molar-refractivity contribution >= 4 is 5.97 Å². The number of hydrogen-bond acceptors (Lipinski definition) is 3. The molecule has 0 aromatic carbocycles. The van der Waals surface area contributed by atoms with E-state index in [9.17, 15) is 4.79 Å². The van der Waals surface area contributed by atoms with E-state index in [-0.39, 0.29) is 18.1 Å². The molecule has 0 amide bonds. The summed E-state index contributed by atoms with van der Waals surface area (Å²) in [6.07, 6.45) is 6.29. The highest BCUT2D eigenvalue weighted by molar-refractivity contribution is 5.83. The van der Waals surface area contributed by atoms with Crippen LogP contribution >= 0.6 is 0 Å². The molecule has 0 unspecified atom stereocenters. The molecule has 0 aromatic heterocycles. The number of hydrogen-bond donors (Lipinski definition) is 1. The van der Waals surface area contributed by atoms with Crippen molar-refractivity contribution in [2.24, 2.45) is 5.73 Å². The Hall–Kier alpha value is -1.09. The molecular formula is C8H11NO2. The number of cyclic esters (lactones) is 1. The molecule has 2 atom stereocenters. The lowest BCUT2D eigenvalue weighted by molar-refractivity contribution is -0.142. The van der Waals surface area contributed by atoms with Crippen LogP contribution in [0.4, 0.5) is 0 Å². The highest BCUT2D eigenvalue weighted by atomic mass is 16.5. The van der Waals surface area contributed by atoms with Gasteiger partial charge in [-0.3, -0.25) is 0 Å². The molecule has 60 valence electrons. The second kappa shape index (κ2) is 3.34. The number of carbonyl (C=O) groups excluding carboxylic acids is 1. The summed E-state index contributed by atoms with van der Waals surface area (Å²) in [5, 5.41) is 0. The molecule has 1 aliphatic heterocycles. The zero-order chi connectivity index (χ0) is 8.27. The maximum atomic E-state index is 10.7. The van der Waals surface area contributed by atoms with Gasteiger partial charge >= 0.3 is 5.97 Å². The Morgan fingerprint density at radius 3 is 3.09 bits per heavy atom. The van der Waals surface area contributed by atoms with Crippen LogP contribution in [-0.2, 0) is 9.53 Å². The van der Waals surface area contributed by atoms with Gasteiger partial charge in [-0.1, -0.05) is 12.2 Å². The van der Waals surface area contributed by atoms with Crippen LogP contribution in [0.3, 0.4) is 0 Å². The number of carbonyl (C=O) groups is 1. The number of nitrogens with two attached hydrogens (primary N) is 1. The van der Waals surface area contributed by atoms with Crippen LogP contribution in [0.5, 0.6) is 0 Å². The van der Waals surface area contributed by atoms with Crippen LogP contribution < -0.4 is 5.73 Å². The molecule has 0 radical (unpaired) electrons. The molecular weight excluding hydrogens is 142 g/mol. The van der Waals surface area contributed by atoms with Crippen molar-refractivity contribution in [1.29, 1.82) is 0 Å². The van der Waals surface area contributed by atoms with Crippen LogP contribution in [0.15, 0.2) is 24.3 Å². The summed E-state index contributed by atoms with van der Waals surface area (Å²) in [5.74, 6) is -0.324. The minimum atomic E-state index is -0.324. The van der Waals surface area contributed by atoms with E-state index in [2.05, 4.69) is 0 Å². The molecule has 1 heterocycles. The Balaban J connectivity index is 2.67. The second-order valence-electron chi connectivity index (χ2n) is 2.36. The monoisotopic (exact) mass is 153 g/mol. The van der Waals surface area contributed by atoms with E-state index in [4.69, 9.17) is 10.5 Å². The lowest BCUT2D eigenvalue weighted by Crippen LogP contribution is -2.37. The maximum absolute atomic E-state index is 10.7. The normalized spacial score (nSPS) is 30.9. The van der Waals surface area contributed by atoms with E-state index in [1.807, 2.05) is 13.0 Å². The molecule has 3 heteroatoms. The van der Waals surface area contributed by atoms with Crippen molar-refractivity contribution in [3.63, 3.8) is 0 Å². The molecule has 0 saturated carbocycles. The zero-order valence-electron chi connectivity index (χ0n) is 6.36. The predicted octanol–water partition coefficient (Wildman–Crippen LogP) is 0.371. The average Bonchev–Trinajstić information content (AvgIpc) is 1.98. The van der Waals surface area contributed by atoms with E-state index in [1.165, 1.54) is 6.08 Å². The van der Waals surface area contributed by atoms with Crippen molar-refractivity contribution < 1.29 is 9.53 Å². The van der Waals surface area contributed by atoms with Crippen LogP contribution in [0, 0.1) is 0 Å². The van der Waals surface area contributed by atoms with Gasteiger partial charge in [-0.25, -0.2) is 4.79 Å². The average molecular weight is 153 g/mol. The van der Waals surface area contributed by atoms with Gasteiger partial charge in [0.25, 0.3) is 0 Å². The molecule has 0 aliphatic carbocycles. The first kappa shape index (κ1) is 8.01. The SMILES string of the molecule is C/C=C/[C@@H]1OC(=O)C=C[C@H]1N. The molecule has 1 aliphatic rings. The van der Waals surface area contributed by atoms with Crippen LogP contribution in [0.1, 0.15) is 6.92 Å². The number of ether oxygens (including phenoxy) is 1. The second-order valence-corrected chi connectivity index (χ2v) is 2.36. The van der Waals surface area contributed by atoms with Gasteiger partial charge in [-0.2, -0.15) is 0 Å². The van der Waals surface area contributed by atoms with Crippen molar-refractivity contribution in [3.05, 3.63) is 24.3 Å². The topological polar surface area (TPSA) is 52.3 Å². The molecule has 2 N–H and O–H groups in total. The van der Waals surface area contributed by atoms with Crippen molar-refractivity contribution in [2.45, 2.75) is 19.1 Å². The zero-order valence-corrected chi connectivity index (χ0v) is 6.36. The summed E-state index contributed by atoms with van der Waals surface area (Å²) in [6, 6.07) is -0.205. The van der Waals surface area contributed by atoms with E-state index >= 15 is 0 Å². The van der Waals surface area contributed by atoms with E-state index in [0.29, 0.717) is 0 Å². The van der Waals surface area contributed by atoms with Gasteiger partial charge in [-0.15, -0.1) is 0 Å². The molecule has 0 aromatic rings. The van der Waals surface area contributed by atoms with E-state index in [0.717, 1.165) is 0 Å². The number of rotatable bonds is 1. The van der Waals surface area contributed by atoms with Crippen LogP contribution in [0.25, 0.3) is 0 Å². The Morgan fingerprint density at radius 1 is 1.73 bits per heavy atom. The largest absolute Gasteiger partial charge is 0.453 e. The molecule has 11 heavy (non-hydrogen) atoms. The Bertz CT molecular complexity index is 208. The quantitative estimate of drug-likeness (QED) is 0.437. The lowest BCUT2D eigenvalue weighted by Gasteiger charge is -2.21. The van der Waals surface area contributed by atoms with E-state index in [1.54, 1.807) is 12.2 Å². The Morgan fingerprint density at radius 2 is 2.45 bits per heavy atom. The minimum absolute atomic E-state index is 0.205. The van der Waals surface area contributed by atoms with Crippen LogP contribution in [0.2, 0.25) is 0 Å². The van der Waals surface area contributed by atoms with Gasteiger partial charge < -0.3 is 10.5 Å². The molecule has 0 spiro atoms. The highest BCUT2D eigenvalue weighted by Crippen LogP contribution is 2.07. The highest BCUT2D eigenvalue weighted by Gasteiger charge is 2.20. The molecule has 0 saturated heterocycles. The van der Waals surface area contributed by atoms with Gasteiger partial charge in [0.2, 0.25) is 0 Å². The van der Waals surface area contributed by atoms with Gasteiger partial charge in [0.1, 0.15) is 6.10 Å².